The fraction of sp³-hybridized carbons (Fsp3) is 0.286. The molecule has 0 amide bonds. The summed E-state index contributed by atoms with van der Waals surface area (Å²) in [6, 6.07) is 12.8. The van der Waals surface area contributed by atoms with Gasteiger partial charge >= 0.3 is 0 Å². The van der Waals surface area contributed by atoms with Crippen LogP contribution in [0, 0.1) is 6.92 Å². The van der Waals surface area contributed by atoms with Crippen molar-refractivity contribution in [3.63, 3.8) is 0 Å². The Morgan fingerprint density at radius 1 is 1.11 bits per heavy atom. The Bertz CT molecular complexity index is 1080. The first-order valence-electron chi connectivity index (χ1n) is 9.35. The van der Waals surface area contributed by atoms with Gasteiger partial charge in [-0.1, -0.05) is 35.9 Å². The monoisotopic (exact) mass is 375 g/mol. The van der Waals surface area contributed by atoms with Crippen molar-refractivity contribution in [3.8, 4) is 0 Å². The number of anilines is 1. The average molecular weight is 376 g/mol. The van der Waals surface area contributed by atoms with Crippen LogP contribution in [-0.4, -0.2) is 19.6 Å². The Labute approximate surface area is 162 Å². The molecule has 1 aromatic carbocycles. The van der Waals surface area contributed by atoms with E-state index in [2.05, 4.69) is 54.0 Å². The number of nitrogens with zero attached hydrogens (tertiary/aromatic N) is 4. The molecule has 0 unspecified atom stereocenters. The molecule has 1 aliphatic rings. The van der Waals surface area contributed by atoms with Crippen LogP contribution in [0.1, 0.15) is 39.5 Å². The van der Waals surface area contributed by atoms with E-state index in [9.17, 15) is 0 Å². The summed E-state index contributed by atoms with van der Waals surface area (Å²) in [5.74, 6) is 2.57. The minimum Gasteiger partial charge on any atom is -0.365 e. The molecular weight excluding hydrogens is 354 g/mol. The minimum absolute atomic E-state index is 0.700. The molecule has 4 aromatic rings. The van der Waals surface area contributed by atoms with Crippen molar-refractivity contribution in [2.24, 2.45) is 0 Å². The van der Waals surface area contributed by atoms with E-state index in [1.165, 1.54) is 27.3 Å². The molecule has 6 heteroatoms. The average Bonchev–Trinajstić information content (AvgIpc) is 3.41. The largest absolute Gasteiger partial charge is 0.365 e. The van der Waals surface area contributed by atoms with Crippen molar-refractivity contribution in [2.45, 2.75) is 39.2 Å². The number of hydrogen-bond donors (Lipinski definition) is 1. The maximum Gasteiger partial charge on any atom is 0.254 e. The third kappa shape index (κ3) is 3.21. The van der Waals surface area contributed by atoms with Crippen LogP contribution < -0.4 is 5.32 Å². The molecule has 0 aliphatic heterocycles. The van der Waals surface area contributed by atoms with Gasteiger partial charge < -0.3 is 5.32 Å². The predicted molar refractivity (Wildman–Crippen MR) is 108 cm³/mol. The summed E-state index contributed by atoms with van der Waals surface area (Å²) in [4.78, 5) is 10.8. The Morgan fingerprint density at radius 3 is 2.81 bits per heavy atom. The Hall–Kier alpha value is -2.73. The van der Waals surface area contributed by atoms with Crippen LogP contribution in [-0.2, 0) is 25.8 Å². The molecule has 3 aromatic heterocycles. The Balaban J connectivity index is 1.51. The minimum atomic E-state index is 0.700. The number of benzene rings is 1. The van der Waals surface area contributed by atoms with Crippen molar-refractivity contribution < 1.29 is 0 Å². The SMILES string of the molecule is Cc1ccc(Cc2nc3nc4c(c(NCc5cccs5)n3n2)CCC4)cc1. The molecule has 0 fully saturated rings. The lowest BCUT2D eigenvalue weighted by Gasteiger charge is -2.11. The standard InChI is InChI=1S/C21H21N5S/c1-14-7-9-15(10-8-14)12-19-24-21-23-18-6-2-5-17(18)20(26(21)25-19)22-13-16-4-3-11-27-16/h3-4,7-11,22H,2,5-6,12-13H2,1H3. The van der Waals surface area contributed by atoms with E-state index in [0.29, 0.717) is 5.78 Å². The zero-order valence-electron chi connectivity index (χ0n) is 15.3. The van der Waals surface area contributed by atoms with Crippen molar-refractivity contribution >= 4 is 22.9 Å². The van der Waals surface area contributed by atoms with Gasteiger partial charge in [0.15, 0.2) is 5.82 Å². The van der Waals surface area contributed by atoms with Crippen molar-refractivity contribution in [1.82, 2.24) is 19.6 Å². The number of aromatic nitrogens is 4. The second-order valence-electron chi connectivity index (χ2n) is 7.07. The lowest BCUT2D eigenvalue weighted by atomic mass is 10.1. The van der Waals surface area contributed by atoms with E-state index < -0.39 is 0 Å². The second kappa shape index (κ2) is 6.78. The number of rotatable bonds is 5. The Kier molecular flexibility index (Phi) is 4.13. The summed E-state index contributed by atoms with van der Waals surface area (Å²) >= 11 is 1.77. The maximum absolute atomic E-state index is 4.79. The summed E-state index contributed by atoms with van der Waals surface area (Å²) < 4.78 is 1.90. The molecule has 5 rings (SSSR count). The van der Waals surface area contributed by atoms with Crippen molar-refractivity contribution in [3.05, 3.63) is 74.9 Å². The van der Waals surface area contributed by atoms with Crippen LogP contribution in [0.25, 0.3) is 5.78 Å². The molecule has 3 heterocycles. The number of aryl methyl sites for hydroxylation is 2. The Morgan fingerprint density at radius 2 is 2.00 bits per heavy atom. The molecule has 0 spiro atoms. The van der Waals surface area contributed by atoms with Gasteiger partial charge in [-0.2, -0.15) is 9.50 Å². The molecule has 1 aliphatic carbocycles. The summed E-state index contributed by atoms with van der Waals surface area (Å²) in [5, 5.41) is 10.5. The van der Waals surface area contributed by atoms with Crippen LogP contribution >= 0.6 is 11.3 Å². The highest BCUT2D eigenvalue weighted by Crippen LogP contribution is 2.29. The highest BCUT2D eigenvalue weighted by Gasteiger charge is 2.22. The van der Waals surface area contributed by atoms with Crippen molar-refractivity contribution in [2.75, 3.05) is 5.32 Å². The normalized spacial score (nSPS) is 13.2. The van der Waals surface area contributed by atoms with E-state index in [1.54, 1.807) is 11.3 Å². The molecule has 0 saturated carbocycles. The maximum atomic E-state index is 4.79. The van der Waals surface area contributed by atoms with Crippen LogP contribution in [0.15, 0.2) is 41.8 Å². The van der Waals surface area contributed by atoms with Gasteiger partial charge in [0.05, 0.1) is 12.2 Å². The molecule has 0 saturated heterocycles. The number of thiophene rings is 1. The first-order chi connectivity index (χ1) is 13.3. The molecule has 27 heavy (non-hydrogen) atoms. The molecule has 136 valence electrons. The topological polar surface area (TPSA) is 55.1 Å². The zero-order valence-corrected chi connectivity index (χ0v) is 16.1. The summed E-state index contributed by atoms with van der Waals surface area (Å²) in [5.41, 5.74) is 4.95. The molecule has 1 N–H and O–H groups in total. The predicted octanol–water partition coefficient (Wildman–Crippen LogP) is 4.19. The zero-order chi connectivity index (χ0) is 18.2. The van der Waals surface area contributed by atoms with Crippen LogP contribution in [0.2, 0.25) is 0 Å². The lowest BCUT2D eigenvalue weighted by molar-refractivity contribution is 0.872. The van der Waals surface area contributed by atoms with Gasteiger partial charge in [-0.3, -0.25) is 0 Å². The summed E-state index contributed by atoms with van der Waals surface area (Å²) in [6.07, 6.45) is 3.95. The van der Waals surface area contributed by atoms with Crippen LogP contribution in [0.4, 0.5) is 5.82 Å². The first-order valence-corrected chi connectivity index (χ1v) is 10.2. The second-order valence-corrected chi connectivity index (χ2v) is 8.11. The fourth-order valence-electron chi connectivity index (χ4n) is 3.65. The van der Waals surface area contributed by atoms with Gasteiger partial charge in [0.2, 0.25) is 0 Å². The van der Waals surface area contributed by atoms with Gasteiger partial charge in [0.1, 0.15) is 5.82 Å². The highest BCUT2D eigenvalue weighted by molar-refractivity contribution is 7.09. The first kappa shape index (κ1) is 16.4. The molecule has 0 radical (unpaired) electrons. The quantitative estimate of drug-likeness (QED) is 0.568. The van der Waals surface area contributed by atoms with E-state index in [-0.39, 0.29) is 0 Å². The van der Waals surface area contributed by atoms with E-state index >= 15 is 0 Å². The molecular formula is C21H21N5S. The number of fused-ring (bicyclic) bond motifs is 2. The van der Waals surface area contributed by atoms with Gasteiger partial charge in [0.25, 0.3) is 5.78 Å². The molecule has 0 atom stereocenters. The van der Waals surface area contributed by atoms with Gasteiger partial charge in [-0.15, -0.1) is 16.4 Å². The smallest absolute Gasteiger partial charge is 0.254 e. The van der Waals surface area contributed by atoms with Crippen molar-refractivity contribution in [1.29, 1.82) is 0 Å². The third-order valence-corrected chi connectivity index (χ3v) is 5.92. The van der Waals surface area contributed by atoms with Crippen LogP contribution in [0.5, 0.6) is 0 Å². The summed E-state index contributed by atoms with van der Waals surface area (Å²) in [7, 11) is 0. The fourth-order valence-corrected chi connectivity index (χ4v) is 4.30. The van der Waals surface area contributed by atoms with Gasteiger partial charge in [0, 0.05) is 16.9 Å². The highest BCUT2D eigenvalue weighted by atomic mass is 32.1. The van der Waals surface area contributed by atoms with Gasteiger partial charge in [-0.25, -0.2) is 4.98 Å². The lowest BCUT2D eigenvalue weighted by Crippen LogP contribution is -2.09. The van der Waals surface area contributed by atoms with E-state index in [4.69, 9.17) is 15.1 Å². The third-order valence-electron chi connectivity index (χ3n) is 5.05. The van der Waals surface area contributed by atoms with Crippen LogP contribution in [0.3, 0.4) is 0 Å². The molecule has 0 bridgehead atoms. The van der Waals surface area contributed by atoms with Gasteiger partial charge in [-0.05, 0) is 43.2 Å². The number of hydrogen-bond acceptors (Lipinski definition) is 5. The van der Waals surface area contributed by atoms with E-state index in [0.717, 1.165) is 43.9 Å². The molecule has 5 nitrogen and oxygen atoms in total. The van der Waals surface area contributed by atoms with E-state index in [1.807, 2.05) is 4.52 Å². The summed E-state index contributed by atoms with van der Waals surface area (Å²) in [6.45, 7) is 2.90. The number of nitrogens with one attached hydrogen (secondary N) is 1.